The summed E-state index contributed by atoms with van der Waals surface area (Å²) in [5.41, 5.74) is 2.16. The van der Waals surface area contributed by atoms with Crippen molar-refractivity contribution in [3.05, 3.63) is 69.1 Å². The second kappa shape index (κ2) is 7.32. The number of aromatic hydroxyl groups is 1. The van der Waals surface area contributed by atoms with Crippen LogP contribution in [0.15, 0.2) is 57.4 Å². The van der Waals surface area contributed by atoms with E-state index < -0.39 is 17.2 Å². The van der Waals surface area contributed by atoms with Crippen molar-refractivity contribution in [3.63, 3.8) is 0 Å². The minimum Gasteiger partial charge on any atom is -0.507 e. The van der Waals surface area contributed by atoms with E-state index in [2.05, 4.69) is 15.5 Å². The van der Waals surface area contributed by atoms with E-state index >= 15 is 0 Å². The molecule has 2 N–H and O–H groups in total. The third-order valence-electron chi connectivity index (χ3n) is 4.86. The lowest BCUT2D eigenvalue weighted by Crippen LogP contribution is -2.38. The number of aryl methyl sites for hydroxylation is 1. The van der Waals surface area contributed by atoms with E-state index in [-0.39, 0.29) is 23.5 Å². The number of hydrogen-bond donors (Lipinski definition) is 2. The van der Waals surface area contributed by atoms with E-state index in [0.29, 0.717) is 5.56 Å². The number of fused-ring (bicyclic) bond motifs is 2. The summed E-state index contributed by atoms with van der Waals surface area (Å²) in [4.78, 5) is 40.8. The number of rotatable bonds is 4. The van der Waals surface area contributed by atoms with Crippen molar-refractivity contribution < 1.29 is 9.90 Å². The van der Waals surface area contributed by atoms with Gasteiger partial charge < -0.3 is 9.67 Å². The van der Waals surface area contributed by atoms with Gasteiger partial charge in [0, 0.05) is 19.7 Å². The van der Waals surface area contributed by atoms with Crippen molar-refractivity contribution in [3.8, 4) is 5.75 Å². The minimum absolute atomic E-state index is 0.0386. The second-order valence-corrected chi connectivity index (χ2v) is 6.76. The Morgan fingerprint density at radius 3 is 2.73 bits per heavy atom. The molecule has 152 valence electrons. The molecule has 1 amide bonds. The van der Waals surface area contributed by atoms with Crippen molar-refractivity contribution in [2.75, 3.05) is 0 Å². The number of amides is 1. The van der Waals surface area contributed by atoms with Crippen LogP contribution in [0.25, 0.3) is 21.9 Å². The number of aromatic nitrogens is 4. The van der Waals surface area contributed by atoms with Crippen LogP contribution < -0.4 is 16.7 Å². The average Bonchev–Trinajstić information content (AvgIpc) is 3.16. The zero-order valence-corrected chi connectivity index (χ0v) is 16.2. The lowest BCUT2D eigenvalue weighted by atomic mass is 10.0. The van der Waals surface area contributed by atoms with Crippen molar-refractivity contribution in [1.82, 2.24) is 24.1 Å². The van der Waals surface area contributed by atoms with Gasteiger partial charge in [-0.25, -0.2) is 15.2 Å². The van der Waals surface area contributed by atoms with Crippen molar-refractivity contribution in [2.24, 2.45) is 19.2 Å². The molecule has 0 unspecified atom stereocenters. The molecule has 0 radical (unpaired) electrons. The quantitative estimate of drug-likeness (QED) is 0.376. The molecule has 0 aliphatic carbocycles. The lowest BCUT2D eigenvalue weighted by Gasteiger charge is -2.06. The first kappa shape index (κ1) is 19.1. The SMILES string of the molecule is Cn1c(=O)c2c(ncn2CC(=O)NN=Cc2c(O)ccc3ccccc23)n(C)c1=O. The van der Waals surface area contributed by atoms with E-state index in [4.69, 9.17) is 0 Å². The van der Waals surface area contributed by atoms with Crippen LogP contribution in [-0.2, 0) is 25.4 Å². The third-order valence-corrected chi connectivity index (χ3v) is 4.86. The molecule has 2 aromatic carbocycles. The molecule has 10 nitrogen and oxygen atoms in total. The highest BCUT2D eigenvalue weighted by Crippen LogP contribution is 2.25. The summed E-state index contributed by atoms with van der Waals surface area (Å²) < 4.78 is 3.56. The van der Waals surface area contributed by atoms with Gasteiger partial charge in [-0.2, -0.15) is 5.10 Å². The first-order valence-electron chi connectivity index (χ1n) is 9.02. The van der Waals surface area contributed by atoms with Crippen molar-refractivity contribution in [2.45, 2.75) is 6.54 Å². The standard InChI is InChI=1S/C20H18N6O4/c1-24-18-17(19(29)25(2)20(24)30)26(11-21-18)10-16(28)23-22-9-14-13-6-4-3-5-12(13)7-8-15(14)27/h3-9,11,27H,10H2,1-2H3,(H,23,28). The number of carbonyl (C=O) groups is 1. The maximum absolute atomic E-state index is 12.4. The predicted molar refractivity (Wildman–Crippen MR) is 112 cm³/mol. The number of benzene rings is 2. The molecule has 4 rings (SSSR count). The largest absolute Gasteiger partial charge is 0.507 e. The highest BCUT2D eigenvalue weighted by Gasteiger charge is 2.15. The van der Waals surface area contributed by atoms with Crippen molar-refractivity contribution in [1.29, 1.82) is 0 Å². The Morgan fingerprint density at radius 2 is 1.93 bits per heavy atom. The second-order valence-electron chi connectivity index (χ2n) is 6.76. The highest BCUT2D eigenvalue weighted by atomic mass is 16.3. The minimum atomic E-state index is -0.539. The van der Waals surface area contributed by atoms with E-state index in [1.807, 2.05) is 24.3 Å². The topological polar surface area (TPSA) is 124 Å². The lowest BCUT2D eigenvalue weighted by molar-refractivity contribution is -0.121. The Kier molecular flexibility index (Phi) is 4.66. The summed E-state index contributed by atoms with van der Waals surface area (Å²) >= 11 is 0. The highest BCUT2D eigenvalue weighted by molar-refractivity contribution is 6.02. The molecule has 4 aromatic rings. The molecule has 0 aliphatic rings. The first-order chi connectivity index (χ1) is 14.4. The molecule has 10 heteroatoms. The number of phenols is 1. The number of hydrazone groups is 1. The first-order valence-corrected chi connectivity index (χ1v) is 9.02. The molecule has 0 atom stereocenters. The van der Waals surface area contributed by atoms with E-state index in [1.54, 1.807) is 12.1 Å². The maximum Gasteiger partial charge on any atom is 0.332 e. The number of imidazole rings is 1. The predicted octanol–water partition coefficient (Wildman–Crippen LogP) is 0.443. The normalized spacial score (nSPS) is 11.5. The molecule has 0 bridgehead atoms. The molecule has 0 saturated heterocycles. The fraction of sp³-hybridized carbons (Fsp3) is 0.150. The Bertz CT molecular complexity index is 1440. The molecule has 2 heterocycles. The Balaban J connectivity index is 1.58. The molecule has 2 aromatic heterocycles. The Hall–Kier alpha value is -4.21. The number of hydrogen-bond acceptors (Lipinski definition) is 6. The smallest absolute Gasteiger partial charge is 0.332 e. The molecule has 0 aliphatic heterocycles. The van der Waals surface area contributed by atoms with Gasteiger partial charge in [-0.15, -0.1) is 0 Å². The van der Waals surface area contributed by atoms with Crippen LogP contribution in [-0.4, -0.2) is 35.9 Å². The van der Waals surface area contributed by atoms with Gasteiger partial charge in [0.25, 0.3) is 11.5 Å². The summed E-state index contributed by atoms with van der Waals surface area (Å²) in [5, 5.41) is 15.8. The van der Waals surface area contributed by atoms with E-state index in [0.717, 1.165) is 15.3 Å². The van der Waals surface area contributed by atoms with Gasteiger partial charge in [0.05, 0.1) is 12.5 Å². The van der Waals surface area contributed by atoms with Gasteiger partial charge in [0.2, 0.25) is 0 Å². The number of carbonyl (C=O) groups excluding carboxylic acids is 1. The van der Waals surface area contributed by atoms with Crippen LogP contribution >= 0.6 is 0 Å². The van der Waals surface area contributed by atoms with Gasteiger partial charge in [0.1, 0.15) is 12.3 Å². The monoisotopic (exact) mass is 406 g/mol. The van der Waals surface area contributed by atoms with Crippen LogP contribution in [0.1, 0.15) is 5.56 Å². The number of phenolic OH excluding ortho intramolecular Hbond substituents is 1. The summed E-state index contributed by atoms with van der Waals surface area (Å²) in [6, 6.07) is 10.8. The third kappa shape index (κ3) is 3.13. The summed E-state index contributed by atoms with van der Waals surface area (Å²) in [6.45, 7) is -0.219. The Morgan fingerprint density at radius 1 is 1.17 bits per heavy atom. The summed E-state index contributed by atoms with van der Waals surface area (Å²) in [5.74, 6) is -0.460. The molecule has 30 heavy (non-hydrogen) atoms. The maximum atomic E-state index is 12.4. The summed E-state index contributed by atoms with van der Waals surface area (Å²) in [6.07, 6.45) is 2.69. The van der Waals surface area contributed by atoms with Crippen molar-refractivity contribution >= 4 is 34.1 Å². The number of nitrogens with zero attached hydrogens (tertiary/aromatic N) is 5. The van der Waals surface area contributed by atoms with Crippen LogP contribution in [0.3, 0.4) is 0 Å². The fourth-order valence-electron chi connectivity index (χ4n) is 3.30. The van der Waals surface area contributed by atoms with Gasteiger partial charge in [-0.05, 0) is 16.8 Å². The number of nitrogens with one attached hydrogen (secondary N) is 1. The van der Waals surface area contributed by atoms with Gasteiger partial charge >= 0.3 is 5.69 Å². The molecular formula is C20H18N6O4. The molecule has 0 spiro atoms. The molecule has 0 fully saturated rings. The fourth-order valence-corrected chi connectivity index (χ4v) is 3.30. The van der Waals surface area contributed by atoms with Crippen LogP contribution in [0.2, 0.25) is 0 Å². The van der Waals surface area contributed by atoms with Crippen LogP contribution in [0.5, 0.6) is 5.75 Å². The van der Waals surface area contributed by atoms with E-state index in [1.165, 1.54) is 35.8 Å². The molecular weight excluding hydrogens is 388 g/mol. The van der Waals surface area contributed by atoms with Crippen LogP contribution in [0, 0.1) is 0 Å². The van der Waals surface area contributed by atoms with Gasteiger partial charge in [-0.3, -0.25) is 18.7 Å². The zero-order valence-electron chi connectivity index (χ0n) is 16.2. The average molecular weight is 406 g/mol. The zero-order chi connectivity index (χ0) is 21.4. The van der Waals surface area contributed by atoms with Gasteiger partial charge in [0.15, 0.2) is 11.2 Å². The van der Waals surface area contributed by atoms with Gasteiger partial charge in [-0.1, -0.05) is 30.3 Å². The van der Waals surface area contributed by atoms with E-state index in [9.17, 15) is 19.5 Å². The van der Waals surface area contributed by atoms with Crippen LogP contribution in [0.4, 0.5) is 0 Å². The summed E-state index contributed by atoms with van der Waals surface area (Å²) in [7, 11) is 2.87. The molecule has 0 saturated carbocycles. The Labute approximate surface area is 169 Å².